The van der Waals surface area contributed by atoms with E-state index in [-0.39, 0.29) is 17.2 Å². The molecule has 8 heteroatoms. The molecule has 7 nitrogen and oxygen atoms in total. The summed E-state index contributed by atoms with van der Waals surface area (Å²) in [4.78, 5) is 36.0. The van der Waals surface area contributed by atoms with Crippen molar-refractivity contribution in [2.24, 2.45) is 5.41 Å². The van der Waals surface area contributed by atoms with Crippen LogP contribution >= 0.6 is 11.6 Å². The molecule has 1 spiro atoms. The lowest BCUT2D eigenvalue weighted by Crippen LogP contribution is -2.48. The first-order valence-corrected chi connectivity index (χ1v) is 11.6. The van der Waals surface area contributed by atoms with Crippen LogP contribution in [-0.2, 0) is 0 Å². The maximum atomic E-state index is 13.0. The van der Waals surface area contributed by atoms with Crippen molar-refractivity contribution in [3.05, 3.63) is 52.6 Å². The van der Waals surface area contributed by atoms with E-state index in [2.05, 4.69) is 15.3 Å². The average molecular weight is 457 g/mol. The van der Waals surface area contributed by atoms with Crippen LogP contribution in [0.1, 0.15) is 65.1 Å². The Bertz CT molecular complexity index is 972. The van der Waals surface area contributed by atoms with Crippen molar-refractivity contribution < 1.29 is 14.3 Å². The van der Waals surface area contributed by atoms with Crippen LogP contribution in [0.3, 0.4) is 0 Å². The molecule has 32 heavy (non-hydrogen) atoms. The second-order valence-corrected chi connectivity index (χ2v) is 9.23. The zero-order chi connectivity index (χ0) is 22.6. The van der Waals surface area contributed by atoms with Crippen LogP contribution < -0.4 is 10.1 Å². The first-order chi connectivity index (χ1) is 15.5. The number of benzene rings is 1. The normalized spacial score (nSPS) is 19.2. The van der Waals surface area contributed by atoms with Gasteiger partial charge in [0.15, 0.2) is 0 Å². The first kappa shape index (κ1) is 22.5. The molecule has 0 bridgehead atoms. The Morgan fingerprint density at radius 2 is 1.88 bits per heavy atom. The van der Waals surface area contributed by atoms with Crippen LogP contribution in [0.15, 0.2) is 30.6 Å². The highest BCUT2D eigenvalue weighted by molar-refractivity contribution is 6.31. The molecule has 2 amide bonds. The summed E-state index contributed by atoms with van der Waals surface area (Å²) in [6, 6.07) is 5.17. The number of carbonyl (C=O) groups excluding carboxylic acids is 2. The number of piperidine rings is 1. The summed E-state index contributed by atoms with van der Waals surface area (Å²) in [6.07, 6.45) is 9.00. The third kappa shape index (κ3) is 5.21. The lowest BCUT2D eigenvalue weighted by molar-refractivity contribution is 0.0532. The van der Waals surface area contributed by atoms with Gasteiger partial charge in [-0.15, -0.1) is 0 Å². The summed E-state index contributed by atoms with van der Waals surface area (Å²) in [5.41, 5.74) is 0.974. The lowest BCUT2D eigenvalue weighted by atomic mass is 9.74. The Balaban J connectivity index is 1.45. The molecule has 0 atom stereocenters. The monoisotopic (exact) mass is 456 g/mol. The Morgan fingerprint density at radius 1 is 1.12 bits per heavy atom. The number of amides is 2. The summed E-state index contributed by atoms with van der Waals surface area (Å²) in [7, 11) is 0. The highest BCUT2D eigenvalue weighted by Gasteiger charge is 2.36. The molecule has 1 saturated heterocycles. The number of hydrogen-bond donors (Lipinski definition) is 1. The number of halogens is 1. The topological polar surface area (TPSA) is 84.4 Å². The van der Waals surface area contributed by atoms with Gasteiger partial charge in [0.1, 0.15) is 11.6 Å². The number of likely N-dealkylation sites (tertiary alicyclic amines) is 1. The minimum Gasteiger partial charge on any atom is -0.493 e. The fraction of sp³-hybridized carbons (Fsp3) is 0.500. The van der Waals surface area contributed by atoms with Crippen LogP contribution in [0.5, 0.6) is 5.75 Å². The number of nitrogens with zero attached hydrogens (tertiary/aromatic N) is 3. The Hall–Kier alpha value is -2.67. The molecule has 1 N–H and O–H groups in total. The molecule has 1 aromatic carbocycles. The van der Waals surface area contributed by atoms with E-state index in [0.717, 1.165) is 38.5 Å². The largest absolute Gasteiger partial charge is 0.493 e. The van der Waals surface area contributed by atoms with E-state index in [0.29, 0.717) is 54.0 Å². The van der Waals surface area contributed by atoms with Crippen molar-refractivity contribution in [2.75, 3.05) is 26.2 Å². The molecule has 1 aromatic heterocycles. The molecule has 0 saturated carbocycles. The maximum Gasteiger partial charge on any atom is 0.256 e. The Labute approximate surface area is 193 Å². The van der Waals surface area contributed by atoms with E-state index in [1.54, 1.807) is 37.5 Å². The number of aryl methyl sites for hydroxylation is 1. The van der Waals surface area contributed by atoms with Crippen molar-refractivity contribution >= 4 is 23.4 Å². The highest BCUT2D eigenvalue weighted by Crippen LogP contribution is 2.37. The van der Waals surface area contributed by atoms with Gasteiger partial charge in [-0.3, -0.25) is 9.59 Å². The smallest absolute Gasteiger partial charge is 0.256 e. The highest BCUT2D eigenvalue weighted by atomic mass is 35.5. The first-order valence-electron chi connectivity index (χ1n) is 11.2. The van der Waals surface area contributed by atoms with Crippen molar-refractivity contribution in [1.82, 2.24) is 20.2 Å². The number of rotatable bonds is 1. The number of hydrogen-bond acceptors (Lipinski definition) is 5. The SMILES string of the molecule is Cc1ncc(C(=O)N2CCC3(CCCCCOc4ccc(Cl)cc4C(=O)NC3)CC2)cn1. The molecule has 1 fully saturated rings. The van der Waals surface area contributed by atoms with Gasteiger partial charge in [0.2, 0.25) is 0 Å². The summed E-state index contributed by atoms with van der Waals surface area (Å²) >= 11 is 6.13. The van der Waals surface area contributed by atoms with Crippen molar-refractivity contribution in [3.8, 4) is 5.75 Å². The molecule has 0 radical (unpaired) electrons. The molecule has 0 unspecified atom stereocenters. The number of carbonyl (C=O) groups is 2. The molecule has 2 aliphatic heterocycles. The summed E-state index contributed by atoms with van der Waals surface area (Å²) in [5, 5.41) is 3.64. The van der Waals surface area contributed by atoms with Crippen LogP contribution in [0.4, 0.5) is 0 Å². The predicted octanol–water partition coefficient (Wildman–Crippen LogP) is 4.04. The van der Waals surface area contributed by atoms with E-state index in [1.165, 1.54) is 0 Å². The van der Waals surface area contributed by atoms with Crippen LogP contribution in [0.25, 0.3) is 0 Å². The van der Waals surface area contributed by atoms with Gasteiger partial charge in [-0.2, -0.15) is 0 Å². The number of aromatic nitrogens is 2. The van der Waals surface area contributed by atoms with E-state index >= 15 is 0 Å². The van der Waals surface area contributed by atoms with Gasteiger partial charge in [-0.05, 0) is 56.2 Å². The van der Waals surface area contributed by atoms with Gasteiger partial charge in [0, 0.05) is 37.1 Å². The zero-order valence-corrected chi connectivity index (χ0v) is 19.2. The summed E-state index contributed by atoms with van der Waals surface area (Å²) < 4.78 is 5.84. The second-order valence-electron chi connectivity index (χ2n) is 8.79. The Morgan fingerprint density at radius 3 is 2.62 bits per heavy atom. The van der Waals surface area contributed by atoms with E-state index in [1.807, 2.05) is 4.90 Å². The zero-order valence-electron chi connectivity index (χ0n) is 18.4. The second kappa shape index (κ2) is 9.86. The van der Waals surface area contributed by atoms with Crippen molar-refractivity contribution in [1.29, 1.82) is 0 Å². The van der Waals surface area contributed by atoms with Crippen LogP contribution in [0.2, 0.25) is 5.02 Å². The van der Waals surface area contributed by atoms with E-state index < -0.39 is 0 Å². The van der Waals surface area contributed by atoms with Gasteiger partial charge < -0.3 is 15.0 Å². The third-order valence-corrected chi connectivity index (χ3v) is 6.79. The molecule has 4 rings (SSSR count). The minimum atomic E-state index is -0.169. The standard InChI is InChI=1S/C24H29ClN4O3/c1-17-26-14-18(15-27-17)23(31)29-10-8-24(9-11-29)7-3-2-4-12-32-21-6-5-19(25)13-20(21)22(30)28-16-24/h5-6,13-15H,2-4,7-12,16H2,1H3,(H,28,30). The Kier molecular flexibility index (Phi) is 6.94. The van der Waals surface area contributed by atoms with Gasteiger partial charge in [0.25, 0.3) is 11.8 Å². The molecular weight excluding hydrogens is 428 g/mol. The molecule has 2 aromatic rings. The summed E-state index contributed by atoms with van der Waals surface area (Å²) in [6.45, 7) is 4.28. The predicted molar refractivity (Wildman–Crippen MR) is 122 cm³/mol. The maximum absolute atomic E-state index is 13.0. The minimum absolute atomic E-state index is 0.0188. The molecule has 0 aliphatic carbocycles. The average Bonchev–Trinajstić information content (AvgIpc) is 2.80. The van der Waals surface area contributed by atoms with Gasteiger partial charge in [-0.25, -0.2) is 9.97 Å². The van der Waals surface area contributed by atoms with Gasteiger partial charge in [0.05, 0.1) is 17.7 Å². The molecule has 3 heterocycles. The molecule has 2 aliphatic rings. The van der Waals surface area contributed by atoms with Gasteiger partial charge in [-0.1, -0.05) is 24.4 Å². The number of fused-ring (bicyclic) bond motifs is 1. The molecule has 170 valence electrons. The van der Waals surface area contributed by atoms with E-state index in [9.17, 15) is 9.59 Å². The lowest BCUT2D eigenvalue weighted by Gasteiger charge is -2.42. The van der Waals surface area contributed by atoms with Crippen LogP contribution in [-0.4, -0.2) is 52.9 Å². The van der Waals surface area contributed by atoms with Crippen LogP contribution in [0, 0.1) is 12.3 Å². The van der Waals surface area contributed by atoms with Crippen molar-refractivity contribution in [2.45, 2.75) is 45.4 Å². The number of nitrogens with one attached hydrogen (secondary N) is 1. The summed E-state index contributed by atoms with van der Waals surface area (Å²) in [5.74, 6) is 1.02. The van der Waals surface area contributed by atoms with E-state index in [4.69, 9.17) is 16.3 Å². The fourth-order valence-corrected chi connectivity index (χ4v) is 4.69. The van der Waals surface area contributed by atoms with Gasteiger partial charge >= 0.3 is 0 Å². The quantitative estimate of drug-likeness (QED) is 0.699. The number of ether oxygens (including phenoxy) is 1. The third-order valence-electron chi connectivity index (χ3n) is 6.56. The van der Waals surface area contributed by atoms with Crippen molar-refractivity contribution in [3.63, 3.8) is 0 Å². The fourth-order valence-electron chi connectivity index (χ4n) is 4.51. The molecular formula is C24H29ClN4O3.